The lowest BCUT2D eigenvalue weighted by molar-refractivity contribution is 0.0694. The van der Waals surface area contributed by atoms with Gasteiger partial charge < -0.3 is 14.8 Å². The number of aromatic carboxylic acids is 1. The second-order valence-corrected chi connectivity index (χ2v) is 5.10. The lowest BCUT2D eigenvalue weighted by Gasteiger charge is -2.11. The van der Waals surface area contributed by atoms with Crippen molar-refractivity contribution < 1.29 is 14.6 Å². The molecule has 0 radical (unpaired) electrons. The maximum absolute atomic E-state index is 11.6. The summed E-state index contributed by atoms with van der Waals surface area (Å²) in [7, 11) is 0. The number of aromatic nitrogens is 2. The standard InChI is InChI=1S/C15H14N2O4/c1-8-3-2-4-10(15(19)20)13(8)21-12-7-11(18)16-14(17-12)9-5-6-9/h2-4,7,9H,5-6H2,1H3,(H,19,20)(H,16,17,18). The summed E-state index contributed by atoms with van der Waals surface area (Å²) in [4.78, 5) is 29.8. The third-order valence-electron chi connectivity index (χ3n) is 3.35. The van der Waals surface area contributed by atoms with E-state index in [9.17, 15) is 14.7 Å². The van der Waals surface area contributed by atoms with Crippen molar-refractivity contribution in [2.75, 3.05) is 0 Å². The van der Waals surface area contributed by atoms with E-state index in [1.165, 1.54) is 12.1 Å². The van der Waals surface area contributed by atoms with Crippen LogP contribution >= 0.6 is 0 Å². The van der Waals surface area contributed by atoms with Crippen LogP contribution in [0.3, 0.4) is 0 Å². The van der Waals surface area contributed by atoms with Crippen molar-refractivity contribution in [3.05, 3.63) is 51.6 Å². The van der Waals surface area contributed by atoms with E-state index in [1.54, 1.807) is 19.1 Å². The van der Waals surface area contributed by atoms with E-state index in [4.69, 9.17) is 4.74 Å². The highest BCUT2D eigenvalue weighted by atomic mass is 16.5. The fraction of sp³-hybridized carbons (Fsp3) is 0.267. The van der Waals surface area contributed by atoms with Crippen LogP contribution in [-0.2, 0) is 0 Å². The van der Waals surface area contributed by atoms with Crippen molar-refractivity contribution >= 4 is 5.97 Å². The van der Waals surface area contributed by atoms with E-state index in [-0.39, 0.29) is 28.7 Å². The average molecular weight is 286 g/mol. The number of carboxylic acid groups (broad SMARTS) is 1. The van der Waals surface area contributed by atoms with E-state index in [2.05, 4.69) is 9.97 Å². The Balaban J connectivity index is 2.01. The molecule has 6 heteroatoms. The molecule has 0 atom stereocenters. The highest BCUT2D eigenvalue weighted by molar-refractivity contribution is 5.91. The van der Waals surface area contributed by atoms with Gasteiger partial charge in [0, 0.05) is 5.92 Å². The first-order valence-corrected chi connectivity index (χ1v) is 6.66. The highest BCUT2D eigenvalue weighted by Gasteiger charge is 2.27. The smallest absolute Gasteiger partial charge is 0.339 e. The number of H-pyrrole nitrogens is 1. The molecule has 2 aromatic rings. The summed E-state index contributed by atoms with van der Waals surface area (Å²) in [6.07, 6.45) is 1.99. The molecule has 1 aromatic carbocycles. The molecule has 0 unspecified atom stereocenters. The Morgan fingerprint density at radius 1 is 1.43 bits per heavy atom. The summed E-state index contributed by atoms with van der Waals surface area (Å²) in [6, 6.07) is 6.08. The number of aromatic amines is 1. The number of hydrogen-bond acceptors (Lipinski definition) is 4. The lowest BCUT2D eigenvalue weighted by Crippen LogP contribution is -2.11. The van der Waals surface area contributed by atoms with E-state index in [1.807, 2.05) is 0 Å². The summed E-state index contributed by atoms with van der Waals surface area (Å²) in [5.74, 6) is 0.128. The van der Waals surface area contributed by atoms with Gasteiger partial charge in [-0.05, 0) is 31.4 Å². The number of nitrogens with zero attached hydrogens (tertiary/aromatic N) is 1. The maximum atomic E-state index is 11.6. The molecule has 0 saturated heterocycles. The lowest BCUT2D eigenvalue weighted by atomic mass is 10.1. The Labute approximate surface area is 120 Å². The van der Waals surface area contributed by atoms with Crippen molar-refractivity contribution in [1.82, 2.24) is 9.97 Å². The van der Waals surface area contributed by atoms with Crippen LogP contribution in [0.4, 0.5) is 0 Å². The van der Waals surface area contributed by atoms with Gasteiger partial charge in [-0.25, -0.2) is 4.79 Å². The second kappa shape index (κ2) is 5.05. The first-order chi connectivity index (χ1) is 10.0. The van der Waals surface area contributed by atoms with Crippen LogP contribution in [0.25, 0.3) is 0 Å². The molecule has 1 aromatic heterocycles. The Bertz CT molecular complexity index is 763. The quantitative estimate of drug-likeness (QED) is 0.900. The molecule has 1 heterocycles. The van der Waals surface area contributed by atoms with Crippen LogP contribution < -0.4 is 10.3 Å². The van der Waals surface area contributed by atoms with Crippen LogP contribution in [0.5, 0.6) is 11.6 Å². The molecule has 3 rings (SSSR count). The van der Waals surface area contributed by atoms with Crippen LogP contribution in [0.1, 0.15) is 40.5 Å². The third-order valence-corrected chi connectivity index (χ3v) is 3.35. The van der Waals surface area contributed by atoms with Gasteiger partial charge in [-0.15, -0.1) is 0 Å². The van der Waals surface area contributed by atoms with Gasteiger partial charge in [0.15, 0.2) is 0 Å². The van der Waals surface area contributed by atoms with Gasteiger partial charge in [0.25, 0.3) is 5.56 Å². The monoisotopic (exact) mass is 286 g/mol. The summed E-state index contributed by atoms with van der Waals surface area (Å²) in [6.45, 7) is 1.75. The average Bonchev–Trinajstić information content (AvgIpc) is 3.24. The molecular formula is C15H14N2O4. The fourth-order valence-corrected chi connectivity index (χ4v) is 2.12. The molecule has 108 valence electrons. The van der Waals surface area contributed by atoms with Gasteiger partial charge in [-0.3, -0.25) is 4.79 Å². The molecule has 1 saturated carbocycles. The van der Waals surface area contributed by atoms with E-state index in [0.29, 0.717) is 11.4 Å². The van der Waals surface area contributed by atoms with Crippen molar-refractivity contribution in [3.63, 3.8) is 0 Å². The molecule has 2 N–H and O–H groups in total. The van der Waals surface area contributed by atoms with Crippen molar-refractivity contribution in [2.45, 2.75) is 25.7 Å². The number of benzene rings is 1. The SMILES string of the molecule is Cc1cccc(C(=O)O)c1Oc1cc(=O)[nH]c(C2CC2)n1. The van der Waals surface area contributed by atoms with Crippen LogP contribution in [0.2, 0.25) is 0 Å². The van der Waals surface area contributed by atoms with E-state index in [0.717, 1.165) is 12.8 Å². The minimum absolute atomic E-state index is 0.0463. The number of nitrogens with one attached hydrogen (secondary N) is 1. The first kappa shape index (κ1) is 13.4. The third kappa shape index (κ3) is 2.79. The molecule has 0 aliphatic heterocycles. The van der Waals surface area contributed by atoms with E-state index >= 15 is 0 Å². The van der Waals surface area contributed by atoms with Crippen LogP contribution in [0.15, 0.2) is 29.1 Å². The topological polar surface area (TPSA) is 92.3 Å². The number of aryl methyl sites for hydroxylation is 1. The largest absolute Gasteiger partial charge is 0.478 e. The maximum Gasteiger partial charge on any atom is 0.339 e. The van der Waals surface area contributed by atoms with Crippen molar-refractivity contribution in [3.8, 4) is 11.6 Å². The number of para-hydroxylation sites is 1. The number of hydrogen-bond donors (Lipinski definition) is 2. The number of carbonyl (C=O) groups is 1. The predicted octanol–water partition coefficient (Wildman–Crippen LogP) is 2.45. The van der Waals surface area contributed by atoms with Crippen LogP contribution in [0, 0.1) is 6.92 Å². The first-order valence-electron chi connectivity index (χ1n) is 6.66. The Hall–Kier alpha value is -2.63. The fourth-order valence-electron chi connectivity index (χ4n) is 2.12. The highest BCUT2D eigenvalue weighted by Crippen LogP contribution is 2.38. The van der Waals surface area contributed by atoms with Gasteiger partial charge in [-0.1, -0.05) is 12.1 Å². The molecule has 1 aliphatic rings. The zero-order valence-electron chi connectivity index (χ0n) is 11.4. The zero-order valence-corrected chi connectivity index (χ0v) is 11.4. The van der Waals surface area contributed by atoms with E-state index < -0.39 is 5.97 Å². The zero-order chi connectivity index (χ0) is 15.0. The molecule has 0 amide bonds. The summed E-state index contributed by atoms with van der Waals surface area (Å²) < 4.78 is 5.59. The van der Waals surface area contributed by atoms with Gasteiger partial charge >= 0.3 is 5.97 Å². The number of carboxylic acids is 1. The molecule has 0 bridgehead atoms. The minimum Gasteiger partial charge on any atom is -0.478 e. The predicted molar refractivity (Wildman–Crippen MR) is 75.0 cm³/mol. The normalized spacial score (nSPS) is 14.0. The van der Waals surface area contributed by atoms with Crippen LogP contribution in [-0.4, -0.2) is 21.0 Å². The van der Waals surface area contributed by atoms with Gasteiger partial charge in [0.1, 0.15) is 17.1 Å². The Kier molecular flexibility index (Phi) is 3.21. The summed E-state index contributed by atoms with van der Waals surface area (Å²) >= 11 is 0. The van der Waals surface area contributed by atoms with Crippen molar-refractivity contribution in [2.24, 2.45) is 0 Å². The molecule has 21 heavy (non-hydrogen) atoms. The van der Waals surface area contributed by atoms with Gasteiger partial charge in [0.2, 0.25) is 5.88 Å². The Morgan fingerprint density at radius 2 is 2.19 bits per heavy atom. The number of rotatable bonds is 4. The molecule has 0 spiro atoms. The molecule has 6 nitrogen and oxygen atoms in total. The second-order valence-electron chi connectivity index (χ2n) is 5.10. The number of ether oxygens (including phenoxy) is 1. The summed E-state index contributed by atoms with van der Waals surface area (Å²) in [5, 5.41) is 9.21. The van der Waals surface area contributed by atoms with Crippen molar-refractivity contribution in [1.29, 1.82) is 0 Å². The molecule has 1 aliphatic carbocycles. The summed E-state index contributed by atoms with van der Waals surface area (Å²) in [5.41, 5.74) is 0.419. The minimum atomic E-state index is -1.08. The molecular weight excluding hydrogens is 272 g/mol. The Morgan fingerprint density at radius 3 is 2.86 bits per heavy atom. The van der Waals surface area contributed by atoms with Gasteiger partial charge in [-0.2, -0.15) is 4.98 Å². The molecule has 1 fully saturated rings. The van der Waals surface area contributed by atoms with Gasteiger partial charge in [0.05, 0.1) is 6.07 Å².